The van der Waals surface area contributed by atoms with Crippen molar-refractivity contribution in [1.82, 2.24) is 4.57 Å². The van der Waals surface area contributed by atoms with Crippen LogP contribution < -0.4 is 0 Å². The molecule has 0 saturated carbocycles. The fraction of sp³-hybridized carbons (Fsp3) is 0.0847. The van der Waals surface area contributed by atoms with E-state index >= 15 is 0 Å². The average Bonchev–Trinajstić information content (AvgIpc) is 4.01. The molecule has 1 unspecified atom stereocenters. The maximum atomic E-state index is 2.55. The Kier molecular flexibility index (Phi) is 8.95. The van der Waals surface area contributed by atoms with Crippen molar-refractivity contribution in [2.24, 2.45) is 0 Å². The smallest absolute Gasteiger partial charge is 0.0547 e. The molecule has 0 saturated heterocycles. The zero-order valence-electron chi connectivity index (χ0n) is 34.7. The predicted octanol–water partition coefficient (Wildman–Crippen LogP) is 17.6. The molecule has 3 heteroatoms. The summed E-state index contributed by atoms with van der Waals surface area (Å²) in [4.78, 5) is 0. The lowest BCUT2D eigenvalue weighted by Crippen LogP contribution is -2.04. The topological polar surface area (TPSA) is 4.93 Å². The average molecular weight is 830 g/mol. The van der Waals surface area contributed by atoms with Gasteiger partial charge in [0.1, 0.15) is 0 Å². The van der Waals surface area contributed by atoms with E-state index in [4.69, 9.17) is 0 Å². The Labute approximate surface area is 369 Å². The Morgan fingerprint density at radius 3 is 1.84 bits per heavy atom. The SMILES string of the molecule is CCC(Cc1ccccc1-c1c(C)cccc1-c1cccc2c1c1ccccc1n2-c1ccccc1)c1cc(-c2cccc3c2sc2ccccc23)c2sc3ccccc3c2c1. The highest BCUT2D eigenvalue weighted by molar-refractivity contribution is 7.27. The van der Waals surface area contributed by atoms with Gasteiger partial charge >= 0.3 is 0 Å². The second kappa shape index (κ2) is 15.0. The molecule has 1 atom stereocenters. The maximum Gasteiger partial charge on any atom is 0.0547 e. The van der Waals surface area contributed by atoms with Gasteiger partial charge in [-0.3, -0.25) is 0 Å². The number of rotatable bonds is 8. The van der Waals surface area contributed by atoms with E-state index in [9.17, 15) is 0 Å². The fourth-order valence-electron chi connectivity index (χ4n) is 10.3. The van der Waals surface area contributed by atoms with Crippen LogP contribution in [-0.2, 0) is 6.42 Å². The van der Waals surface area contributed by atoms with Crippen LogP contribution in [0.2, 0.25) is 0 Å². The molecule has 0 amide bonds. The van der Waals surface area contributed by atoms with E-state index in [-0.39, 0.29) is 0 Å². The molecule has 3 heterocycles. The van der Waals surface area contributed by atoms with E-state index in [2.05, 4.69) is 213 Å². The van der Waals surface area contributed by atoms with Crippen LogP contribution in [0.1, 0.15) is 36.0 Å². The van der Waals surface area contributed by atoms with Gasteiger partial charge < -0.3 is 4.57 Å². The van der Waals surface area contributed by atoms with Crippen molar-refractivity contribution in [1.29, 1.82) is 0 Å². The van der Waals surface area contributed by atoms with Gasteiger partial charge in [0, 0.05) is 67.9 Å². The van der Waals surface area contributed by atoms with Gasteiger partial charge in [0.05, 0.1) is 11.0 Å². The third-order valence-corrected chi connectivity index (χ3v) is 15.6. The molecule has 0 N–H and O–H groups in total. The molecule has 12 aromatic rings. The van der Waals surface area contributed by atoms with Crippen molar-refractivity contribution in [3.8, 4) is 39.1 Å². The van der Waals surface area contributed by atoms with Gasteiger partial charge in [-0.1, -0.05) is 153 Å². The summed E-state index contributed by atoms with van der Waals surface area (Å²) in [6.07, 6.45) is 1.98. The lowest BCUT2D eigenvalue weighted by Gasteiger charge is -2.22. The zero-order valence-corrected chi connectivity index (χ0v) is 36.4. The molecule has 0 spiro atoms. The number of hydrogen-bond acceptors (Lipinski definition) is 2. The first-order valence-corrected chi connectivity index (χ1v) is 23.4. The minimum Gasteiger partial charge on any atom is -0.309 e. The standard InChI is InChI=1S/C59H43NS2/c1-3-38(40-35-50-44-24-11-14-33-55(44)62-59(50)51(36-40)48-29-16-28-47-43-23-10-13-32-54(43)61-58(47)48)34-39-19-7-8-22-42(39)56-37(2)18-15-26-45(56)46-27-17-31-53-57(46)49-25-9-12-30-52(49)60(53)41-20-5-4-6-21-41/h4-33,35-36,38H,3,34H2,1-2H3. The maximum absolute atomic E-state index is 2.55. The van der Waals surface area contributed by atoms with Crippen LogP contribution in [-0.4, -0.2) is 4.57 Å². The number of hydrogen-bond donors (Lipinski definition) is 0. The monoisotopic (exact) mass is 829 g/mol. The van der Waals surface area contributed by atoms with Gasteiger partial charge in [-0.15, -0.1) is 22.7 Å². The van der Waals surface area contributed by atoms with Crippen LogP contribution in [0.25, 0.3) is 101 Å². The van der Waals surface area contributed by atoms with Crippen LogP contribution in [0.15, 0.2) is 194 Å². The van der Waals surface area contributed by atoms with E-state index in [0.717, 1.165) is 12.8 Å². The second-order valence-electron chi connectivity index (χ2n) is 16.7. The van der Waals surface area contributed by atoms with Crippen molar-refractivity contribution in [3.05, 3.63) is 211 Å². The number of thiophene rings is 2. The number of benzene rings is 9. The highest BCUT2D eigenvalue weighted by Crippen LogP contribution is 2.48. The fourth-order valence-corrected chi connectivity index (χ4v) is 12.7. The van der Waals surface area contributed by atoms with Gasteiger partial charge in [0.15, 0.2) is 0 Å². The third kappa shape index (κ3) is 5.87. The van der Waals surface area contributed by atoms with Crippen molar-refractivity contribution in [2.75, 3.05) is 0 Å². The van der Waals surface area contributed by atoms with Gasteiger partial charge in [-0.25, -0.2) is 0 Å². The minimum absolute atomic E-state index is 0.319. The summed E-state index contributed by atoms with van der Waals surface area (Å²) in [6.45, 7) is 4.66. The summed E-state index contributed by atoms with van der Waals surface area (Å²) in [5.74, 6) is 0.319. The second-order valence-corrected chi connectivity index (χ2v) is 18.8. The summed E-state index contributed by atoms with van der Waals surface area (Å²) in [7, 11) is 0. The Balaban J connectivity index is 1.02. The van der Waals surface area contributed by atoms with Gasteiger partial charge in [-0.05, 0) is 113 Å². The third-order valence-electron chi connectivity index (χ3n) is 13.2. The molecule has 0 aliphatic rings. The van der Waals surface area contributed by atoms with E-state index in [0.29, 0.717) is 5.92 Å². The first-order chi connectivity index (χ1) is 30.6. The molecular weight excluding hydrogens is 787 g/mol. The summed E-state index contributed by atoms with van der Waals surface area (Å²) in [5, 5.41) is 7.97. The number of para-hydroxylation sites is 2. The van der Waals surface area contributed by atoms with Crippen LogP contribution in [0.3, 0.4) is 0 Å². The summed E-state index contributed by atoms with van der Waals surface area (Å²) < 4.78 is 7.86. The molecular formula is C59H43NS2. The van der Waals surface area contributed by atoms with Crippen molar-refractivity contribution >= 4 is 84.8 Å². The van der Waals surface area contributed by atoms with Gasteiger partial charge in [0.25, 0.3) is 0 Å². The van der Waals surface area contributed by atoms with E-state index in [1.165, 1.54) is 118 Å². The quantitative estimate of drug-likeness (QED) is 0.144. The van der Waals surface area contributed by atoms with E-state index < -0.39 is 0 Å². The molecule has 12 rings (SSSR count). The predicted molar refractivity (Wildman–Crippen MR) is 271 cm³/mol. The summed E-state index contributed by atoms with van der Waals surface area (Å²) in [5.41, 5.74) is 15.6. The molecule has 0 radical (unpaired) electrons. The molecule has 9 aromatic carbocycles. The first kappa shape index (κ1) is 37.0. The number of aryl methyl sites for hydroxylation is 1. The highest BCUT2D eigenvalue weighted by Gasteiger charge is 2.23. The molecule has 0 fully saturated rings. The zero-order chi connectivity index (χ0) is 41.3. The van der Waals surface area contributed by atoms with Crippen molar-refractivity contribution in [3.63, 3.8) is 0 Å². The lowest BCUT2D eigenvalue weighted by molar-refractivity contribution is 0.662. The number of fused-ring (bicyclic) bond motifs is 9. The Morgan fingerprint density at radius 2 is 1.03 bits per heavy atom. The molecule has 3 aromatic heterocycles. The normalized spacial score (nSPS) is 12.4. The Hall–Kier alpha value is -6.78. The van der Waals surface area contributed by atoms with Crippen molar-refractivity contribution in [2.45, 2.75) is 32.6 Å². The van der Waals surface area contributed by atoms with Crippen LogP contribution in [0.5, 0.6) is 0 Å². The van der Waals surface area contributed by atoms with E-state index in [1.807, 2.05) is 22.7 Å². The lowest BCUT2D eigenvalue weighted by atomic mass is 9.82. The molecule has 62 heavy (non-hydrogen) atoms. The molecule has 1 nitrogen and oxygen atoms in total. The Bertz CT molecular complexity index is 3670. The Morgan fingerprint density at radius 1 is 0.452 bits per heavy atom. The van der Waals surface area contributed by atoms with E-state index in [1.54, 1.807) is 0 Å². The number of nitrogens with zero attached hydrogens (tertiary/aromatic N) is 1. The first-order valence-electron chi connectivity index (χ1n) is 21.8. The summed E-state index contributed by atoms with van der Waals surface area (Å²) in [6, 6.07) is 72.4. The molecule has 0 aliphatic carbocycles. The van der Waals surface area contributed by atoms with Crippen molar-refractivity contribution < 1.29 is 0 Å². The summed E-state index contributed by atoms with van der Waals surface area (Å²) >= 11 is 3.86. The molecule has 0 aliphatic heterocycles. The largest absolute Gasteiger partial charge is 0.309 e. The number of aromatic nitrogens is 1. The highest BCUT2D eigenvalue weighted by atomic mass is 32.1. The minimum atomic E-state index is 0.319. The molecule has 0 bridgehead atoms. The van der Waals surface area contributed by atoms with Crippen LogP contribution in [0.4, 0.5) is 0 Å². The van der Waals surface area contributed by atoms with Crippen LogP contribution >= 0.6 is 22.7 Å². The van der Waals surface area contributed by atoms with Crippen LogP contribution in [0, 0.1) is 6.92 Å². The molecule has 296 valence electrons. The van der Waals surface area contributed by atoms with Gasteiger partial charge in [0.2, 0.25) is 0 Å². The van der Waals surface area contributed by atoms with Gasteiger partial charge in [-0.2, -0.15) is 0 Å².